The molecule has 0 aliphatic heterocycles. The summed E-state index contributed by atoms with van der Waals surface area (Å²) in [6.45, 7) is 2.05. The molecule has 0 saturated carbocycles. The van der Waals surface area contributed by atoms with E-state index in [1.807, 2.05) is 24.3 Å². The van der Waals surface area contributed by atoms with E-state index >= 15 is 0 Å². The van der Waals surface area contributed by atoms with Crippen LogP contribution in [-0.2, 0) is 11.4 Å². The SMILES string of the molecule is CC#C[C@@H](CC(=O)O)c1ccc(OCc2ccc3scc(-c4ncccc4OC)c3c2)nc1. The quantitative estimate of drug-likeness (QED) is 0.350. The van der Waals surface area contributed by atoms with Crippen LogP contribution in [0.4, 0.5) is 0 Å². The molecule has 4 aromatic rings. The Kier molecular flexibility index (Phi) is 6.86. The Morgan fingerprint density at radius 2 is 2.09 bits per heavy atom. The lowest BCUT2D eigenvalue weighted by molar-refractivity contribution is -0.137. The third-order valence-corrected chi connectivity index (χ3v) is 6.09. The minimum absolute atomic E-state index is 0.0627. The zero-order chi connectivity index (χ0) is 23.2. The van der Waals surface area contributed by atoms with Crippen molar-refractivity contribution >= 4 is 27.4 Å². The summed E-state index contributed by atoms with van der Waals surface area (Å²) in [5, 5.41) is 12.3. The van der Waals surface area contributed by atoms with Crippen LogP contribution in [0.2, 0.25) is 0 Å². The highest BCUT2D eigenvalue weighted by Crippen LogP contribution is 2.37. The average molecular weight is 459 g/mol. The Labute approximate surface area is 195 Å². The first-order valence-corrected chi connectivity index (χ1v) is 11.2. The van der Waals surface area contributed by atoms with Gasteiger partial charge in [0, 0.05) is 39.5 Å². The molecule has 1 atom stereocenters. The summed E-state index contributed by atoms with van der Waals surface area (Å²) in [6.07, 6.45) is 3.32. The largest absolute Gasteiger partial charge is 0.494 e. The maximum Gasteiger partial charge on any atom is 0.304 e. The fourth-order valence-corrected chi connectivity index (χ4v) is 4.47. The van der Waals surface area contributed by atoms with Gasteiger partial charge >= 0.3 is 5.97 Å². The van der Waals surface area contributed by atoms with E-state index in [1.165, 1.54) is 0 Å². The van der Waals surface area contributed by atoms with Crippen LogP contribution in [0.25, 0.3) is 21.3 Å². The maximum atomic E-state index is 11.1. The van der Waals surface area contributed by atoms with Gasteiger partial charge in [-0.05, 0) is 42.3 Å². The molecule has 1 N–H and O–H groups in total. The summed E-state index contributed by atoms with van der Waals surface area (Å²) < 4.78 is 12.5. The zero-order valence-electron chi connectivity index (χ0n) is 18.2. The van der Waals surface area contributed by atoms with Crippen molar-refractivity contribution in [3.8, 4) is 34.7 Å². The van der Waals surface area contributed by atoms with Crippen LogP contribution in [-0.4, -0.2) is 28.2 Å². The van der Waals surface area contributed by atoms with E-state index in [0.717, 1.165) is 38.2 Å². The number of benzene rings is 1. The van der Waals surface area contributed by atoms with E-state index in [9.17, 15) is 4.79 Å². The van der Waals surface area contributed by atoms with Crippen molar-refractivity contribution in [3.05, 3.63) is 71.4 Å². The number of carbonyl (C=O) groups is 1. The van der Waals surface area contributed by atoms with Crippen LogP contribution in [0.5, 0.6) is 11.6 Å². The van der Waals surface area contributed by atoms with Crippen LogP contribution in [0.1, 0.15) is 30.4 Å². The van der Waals surface area contributed by atoms with Gasteiger partial charge in [0.05, 0.1) is 19.4 Å². The number of rotatable bonds is 8. The van der Waals surface area contributed by atoms with Crippen LogP contribution >= 0.6 is 11.3 Å². The van der Waals surface area contributed by atoms with Crippen molar-refractivity contribution < 1.29 is 19.4 Å². The first-order valence-electron chi connectivity index (χ1n) is 10.3. The number of nitrogens with zero attached hydrogens (tertiary/aromatic N) is 2. The molecule has 0 aliphatic rings. The predicted octanol–water partition coefficient (Wildman–Crippen LogP) is 5.53. The van der Waals surface area contributed by atoms with Gasteiger partial charge in [0.2, 0.25) is 5.88 Å². The first kappa shape index (κ1) is 22.3. The molecular formula is C26H22N2O4S. The monoisotopic (exact) mass is 458 g/mol. The summed E-state index contributed by atoms with van der Waals surface area (Å²) in [4.78, 5) is 19.9. The lowest BCUT2D eigenvalue weighted by Crippen LogP contribution is -2.05. The highest BCUT2D eigenvalue weighted by molar-refractivity contribution is 7.17. The second kappa shape index (κ2) is 10.2. The van der Waals surface area contributed by atoms with Gasteiger partial charge in [0.25, 0.3) is 0 Å². The van der Waals surface area contributed by atoms with E-state index < -0.39 is 11.9 Å². The van der Waals surface area contributed by atoms with E-state index in [4.69, 9.17) is 14.6 Å². The Balaban J connectivity index is 1.52. The summed E-state index contributed by atoms with van der Waals surface area (Å²) >= 11 is 1.66. The van der Waals surface area contributed by atoms with Crippen LogP contribution in [0, 0.1) is 11.8 Å². The number of hydrogen-bond acceptors (Lipinski definition) is 6. The topological polar surface area (TPSA) is 81.5 Å². The molecule has 0 unspecified atom stereocenters. The molecule has 0 bridgehead atoms. The number of fused-ring (bicyclic) bond motifs is 1. The molecule has 0 saturated heterocycles. The molecule has 0 amide bonds. The average Bonchev–Trinajstić information content (AvgIpc) is 3.25. The lowest BCUT2D eigenvalue weighted by atomic mass is 9.98. The molecule has 166 valence electrons. The maximum absolute atomic E-state index is 11.1. The van der Waals surface area contributed by atoms with Crippen LogP contribution in [0.3, 0.4) is 0 Å². The van der Waals surface area contributed by atoms with Crippen molar-refractivity contribution in [2.75, 3.05) is 7.11 Å². The second-order valence-electron chi connectivity index (χ2n) is 7.30. The second-order valence-corrected chi connectivity index (χ2v) is 8.21. The van der Waals surface area contributed by atoms with Gasteiger partial charge in [-0.1, -0.05) is 18.1 Å². The zero-order valence-corrected chi connectivity index (χ0v) is 19.1. The normalized spacial score (nSPS) is 11.5. The molecule has 1 aromatic carbocycles. The van der Waals surface area contributed by atoms with Gasteiger partial charge < -0.3 is 14.6 Å². The highest BCUT2D eigenvalue weighted by Gasteiger charge is 2.15. The molecule has 4 rings (SSSR count). The third kappa shape index (κ3) is 5.13. The fourth-order valence-electron chi connectivity index (χ4n) is 3.55. The van der Waals surface area contributed by atoms with Gasteiger partial charge in [0.1, 0.15) is 18.1 Å². The van der Waals surface area contributed by atoms with Gasteiger partial charge in [-0.15, -0.1) is 17.3 Å². The number of hydrogen-bond donors (Lipinski definition) is 1. The van der Waals surface area contributed by atoms with E-state index in [-0.39, 0.29) is 6.42 Å². The van der Waals surface area contributed by atoms with Gasteiger partial charge in [-0.2, -0.15) is 0 Å². The smallest absolute Gasteiger partial charge is 0.304 e. The van der Waals surface area contributed by atoms with Gasteiger partial charge in [0.15, 0.2) is 0 Å². The predicted molar refractivity (Wildman–Crippen MR) is 129 cm³/mol. The lowest BCUT2D eigenvalue weighted by Gasteiger charge is -2.10. The molecule has 0 aliphatic carbocycles. The minimum Gasteiger partial charge on any atom is -0.494 e. The van der Waals surface area contributed by atoms with Crippen molar-refractivity contribution in [3.63, 3.8) is 0 Å². The van der Waals surface area contributed by atoms with Crippen molar-refractivity contribution in [2.24, 2.45) is 0 Å². The number of carboxylic acids is 1. The van der Waals surface area contributed by atoms with Gasteiger partial charge in [-0.3, -0.25) is 9.78 Å². The Morgan fingerprint density at radius 3 is 2.82 bits per heavy atom. The van der Waals surface area contributed by atoms with Crippen LogP contribution in [0.15, 0.2) is 60.2 Å². The molecule has 33 heavy (non-hydrogen) atoms. The molecule has 0 radical (unpaired) electrons. The van der Waals surface area contributed by atoms with E-state index in [0.29, 0.717) is 12.5 Å². The van der Waals surface area contributed by atoms with E-state index in [2.05, 4.69) is 39.3 Å². The minimum atomic E-state index is -0.894. The molecule has 0 spiro atoms. The summed E-state index contributed by atoms with van der Waals surface area (Å²) in [5.74, 6) is 5.62. The third-order valence-electron chi connectivity index (χ3n) is 5.13. The number of thiophene rings is 1. The van der Waals surface area contributed by atoms with Crippen molar-refractivity contribution in [2.45, 2.75) is 25.9 Å². The van der Waals surface area contributed by atoms with Crippen LogP contribution < -0.4 is 9.47 Å². The van der Waals surface area contributed by atoms with Gasteiger partial charge in [-0.25, -0.2) is 4.98 Å². The standard InChI is InChI=1S/C26H22N2O4S/c1-3-5-18(13-25(29)30)19-8-10-24(28-14-19)32-15-17-7-9-23-20(12-17)21(16-33-23)26-22(31-2)6-4-11-27-26/h4,6-12,14,16,18H,13,15H2,1-2H3,(H,29,30)/t18-/m0/s1. The molecular weight excluding hydrogens is 436 g/mol. The number of aliphatic carboxylic acids is 1. The molecule has 6 nitrogen and oxygen atoms in total. The molecule has 7 heteroatoms. The van der Waals surface area contributed by atoms with Crippen molar-refractivity contribution in [1.29, 1.82) is 0 Å². The number of carboxylic acid groups (broad SMARTS) is 1. The fraction of sp³-hybridized carbons (Fsp3) is 0.192. The van der Waals surface area contributed by atoms with E-state index in [1.54, 1.807) is 43.8 Å². The molecule has 0 fully saturated rings. The number of methoxy groups -OCH3 is 1. The summed E-state index contributed by atoms with van der Waals surface area (Å²) in [6, 6.07) is 13.5. The summed E-state index contributed by atoms with van der Waals surface area (Å²) in [7, 11) is 1.64. The first-order chi connectivity index (χ1) is 16.1. The van der Waals surface area contributed by atoms with Crippen molar-refractivity contribution in [1.82, 2.24) is 9.97 Å². The Morgan fingerprint density at radius 1 is 1.21 bits per heavy atom. The number of aromatic nitrogens is 2. The summed E-state index contributed by atoms with van der Waals surface area (Å²) in [5.41, 5.74) is 3.60. The molecule has 3 aromatic heterocycles. The Hall–Kier alpha value is -3.89. The highest BCUT2D eigenvalue weighted by atomic mass is 32.1. The number of pyridine rings is 2. The number of ether oxygens (including phenoxy) is 2. The molecule has 3 heterocycles. The Bertz CT molecular complexity index is 1340.